The second-order valence-electron chi connectivity index (χ2n) is 10.7. The summed E-state index contributed by atoms with van der Waals surface area (Å²) in [4.78, 5) is 50.1. The average Bonchev–Trinajstić information content (AvgIpc) is 3.40. The summed E-state index contributed by atoms with van der Waals surface area (Å²) in [5, 5.41) is 11.3. The second-order valence-corrected chi connectivity index (χ2v) is 10.7. The molecule has 5 amide bonds. The fraction of sp³-hybridized carbons (Fsp3) is 0.312. The van der Waals surface area contributed by atoms with Crippen molar-refractivity contribution in [3.05, 3.63) is 71.0 Å². The fourth-order valence-electron chi connectivity index (χ4n) is 5.59. The SMILES string of the molecule is COc1cc(-c2cccc(-c3cccc(NC(=O)C4CNC(=O)N(C)C4=O)c3C)c2C)cc(F)c1CN[C@H]1CCNC1=O. The number of urea groups is 1. The maximum atomic E-state index is 15.5. The quantitative estimate of drug-likeness (QED) is 0.299. The first-order valence-corrected chi connectivity index (χ1v) is 14.0. The summed E-state index contributed by atoms with van der Waals surface area (Å²) >= 11 is 0. The van der Waals surface area contributed by atoms with Crippen LogP contribution in [0.3, 0.4) is 0 Å². The Hall–Kier alpha value is -4.77. The van der Waals surface area contributed by atoms with E-state index in [1.165, 1.54) is 20.2 Å². The summed E-state index contributed by atoms with van der Waals surface area (Å²) in [5.74, 6) is -2.25. The normalized spacial score (nSPS) is 18.3. The molecule has 2 saturated heterocycles. The molecule has 3 aromatic carbocycles. The van der Waals surface area contributed by atoms with Gasteiger partial charge in [0.25, 0.3) is 0 Å². The predicted molar refractivity (Wildman–Crippen MR) is 160 cm³/mol. The van der Waals surface area contributed by atoms with Gasteiger partial charge in [0.15, 0.2) is 0 Å². The van der Waals surface area contributed by atoms with Crippen molar-refractivity contribution in [1.82, 2.24) is 20.9 Å². The molecule has 3 aromatic rings. The highest BCUT2D eigenvalue weighted by Crippen LogP contribution is 2.38. The smallest absolute Gasteiger partial charge is 0.323 e. The van der Waals surface area contributed by atoms with Crippen molar-refractivity contribution < 1.29 is 28.3 Å². The second kappa shape index (κ2) is 12.2. The van der Waals surface area contributed by atoms with Gasteiger partial charge in [0.1, 0.15) is 17.5 Å². The van der Waals surface area contributed by atoms with Crippen LogP contribution in [-0.2, 0) is 20.9 Å². The standard InChI is InChI=1S/C32H34FN5O5/c1-17-20(19-13-25(33)23(28(14-19)43-4)15-35-27-11-12-34-30(27)40)7-5-8-21(17)22-9-6-10-26(18(22)2)37-29(39)24-16-36-32(42)38(3)31(24)41/h5-10,13-14,24,27,35H,11-12,15-16H2,1-4H3,(H,34,40)(H,36,42)(H,37,39)/t24?,27-/m0/s1. The lowest BCUT2D eigenvalue weighted by Crippen LogP contribution is -2.56. The Morgan fingerprint density at radius 3 is 2.42 bits per heavy atom. The third-order valence-corrected chi connectivity index (χ3v) is 8.18. The number of carbonyl (C=O) groups is 4. The topological polar surface area (TPSA) is 129 Å². The molecule has 4 N–H and O–H groups in total. The van der Waals surface area contributed by atoms with Crippen molar-refractivity contribution in [2.75, 3.05) is 32.6 Å². The number of anilines is 1. The number of benzene rings is 3. The first-order chi connectivity index (χ1) is 20.6. The van der Waals surface area contributed by atoms with Gasteiger partial charge in [-0.2, -0.15) is 0 Å². The molecule has 1 unspecified atom stereocenters. The van der Waals surface area contributed by atoms with E-state index in [1.54, 1.807) is 12.1 Å². The number of hydrogen-bond acceptors (Lipinski definition) is 6. The number of hydrogen-bond donors (Lipinski definition) is 4. The van der Waals surface area contributed by atoms with Gasteiger partial charge in [0, 0.05) is 37.9 Å². The van der Waals surface area contributed by atoms with Crippen molar-refractivity contribution in [1.29, 1.82) is 0 Å². The molecular weight excluding hydrogens is 553 g/mol. The molecule has 11 heteroatoms. The molecular formula is C32H34FN5O5. The van der Waals surface area contributed by atoms with E-state index in [1.807, 2.05) is 44.2 Å². The lowest BCUT2D eigenvalue weighted by atomic mass is 9.90. The summed E-state index contributed by atoms with van der Waals surface area (Å²) in [5.41, 5.74) is 5.78. The summed E-state index contributed by atoms with van der Waals surface area (Å²) in [6.45, 7) is 4.50. The molecule has 2 atom stereocenters. The van der Waals surface area contributed by atoms with E-state index in [0.717, 1.165) is 32.7 Å². The van der Waals surface area contributed by atoms with Crippen molar-refractivity contribution in [3.63, 3.8) is 0 Å². The molecule has 5 rings (SSSR count). The van der Waals surface area contributed by atoms with Crippen LogP contribution in [0.4, 0.5) is 14.9 Å². The van der Waals surface area contributed by atoms with Gasteiger partial charge in [0.05, 0.1) is 13.2 Å². The zero-order chi connectivity index (χ0) is 30.8. The van der Waals surface area contributed by atoms with Gasteiger partial charge in [-0.05, 0) is 71.8 Å². The summed E-state index contributed by atoms with van der Waals surface area (Å²) in [6, 6.07) is 13.6. The third-order valence-electron chi connectivity index (χ3n) is 8.18. The highest BCUT2D eigenvalue weighted by molar-refractivity contribution is 6.12. The Morgan fingerprint density at radius 1 is 1.02 bits per heavy atom. The fourth-order valence-corrected chi connectivity index (χ4v) is 5.59. The van der Waals surface area contributed by atoms with Crippen molar-refractivity contribution in [3.8, 4) is 28.0 Å². The number of ether oxygens (including phenoxy) is 1. The van der Waals surface area contributed by atoms with Crippen molar-refractivity contribution >= 4 is 29.4 Å². The molecule has 2 fully saturated rings. The lowest BCUT2D eigenvalue weighted by molar-refractivity contribution is -0.138. The van der Waals surface area contributed by atoms with E-state index in [9.17, 15) is 19.2 Å². The van der Waals surface area contributed by atoms with Crippen LogP contribution in [0.1, 0.15) is 23.1 Å². The van der Waals surface area contributed by atoms with Crippen LogP contribution in [0.15, 0.2) is 48.5 Å². The van der Waals surface area contributed by atoms with Gasteiger partial charge in [-0.25, -0.2) is 9.18 Å². The van der Waals surface area contributed by atoms with Crippen LogP contribution >= 0.6 is 0 Å². The van der Waals surface area contributed by atoms with Gasteiger partial charge >= 0.3 is 6.03 Å². The largest absolute Gasteiger partial charge is 0.496 e. The molecule has 2 aliphatic heterocycles. The zero-order valence-corrected chi connectivity index (χ0v) is 24.5. The minimum Gasteiger partial charge on any atom is -0.496 e. The number of methoxy groups -OCH3 is 1. The Kier molecular flexibility index (Phi) is 8.45. The first-order valence-electron chi connectivity index (χ1n) is 14.0. The van der Waals surface area contributed by atoms with E-state index in [-0.39, 0.29) is 25.0 Å². The highest BCUT2D eigenvalue weighted by atomic mass is 19.1. The van der Waals surface area contributed by atoms with E-state index in [2.05, 4.69) is 21.3 Å². The number of halogens is 1. The first kappa shape index (κ1) is 29.7. The van der Waals surface area contributed by atoms with Crippen LogP contribution in [0, 0.1) is 25.6 Å². The number of imide groups is 1. The highest BCUT2D eigenvalue weighted by Gasteiger charge is 2.36. The Labute approximate surface area is 249 Å². The Bertz CT molecular complexity index is 1620. The van der Waals surface area contributed by atoms with E-state index >= 15 is 4.39 Å². The van der Waals surface area contributed by atoms with Gasteiger partial charge < -0.3 is 26.0 Å². The molecule has 0 aliphatic carbocycles. The molecule has 10 nitrogen and oxygen atoms in total. The minimum atomic E-state index is -1.03. The van der Waals surface area contributed by atoms with Crippen LogP contribution in [0.2, 0.25) is 0 Å². The van der Waals surface area contributed by atoms with E-state index in [4.69, 9.17) is 4.74 Å². The van der Waals surface area contributed by atoms with Crippen LogP contribution in [-0.4, -0.2) is 61.9 Å². The van der Waals surface area contributed by atoms with Crippen LogP contribution in [0.5, 0.6) is 5.75 Å². The third kappa shape index (κ3) is 5.80. The summed E-state index contributed by atoms with van der Waals surface area (Å²) in [7, 11) is 2.82. The number of nitrogens with one attached hydrogen (secondary N) is 4. The van der Waals surface area contributed by atoms with Gasteiger partial charge in [-0.1, -0.05) is 30.3 Å². The number of carbonyl (C=O) groups excluding carboxylic acids is 4. The van der Waals surface area contributed by atoms with Crippen LogP contribution in [0.25, 0.3) is 22.3 Å². The molecule has 224 valence electrons. The molecule has 2 heterocycles. The predicted octanol–water partition coefficient (Wildman–Crippen LogP) is 3.50. The molecule has 0 spiro atoms. The van der Waals surface area contributed by atoms with Gasteiger partial charge in [0.2, 0.25) is 17.7 Å². The van der Waals surface area contributed by atoms with E-state index in [0.29, 0.717) is 35.5 Å². The molecule has 43 heavy (non-hydrogen) atoms. The van der Waals surface area contributed by atoms with Crippen molar-refractivity contribution in [2.24, 2.45) is 5.92 Å². The van der Waals surface area contributed by atoms with Gasteiger partial charge in [-0.3, -0.25) is 19.3 Å². The van der Waals surface area contributed by atoms with Gasteiger partial charge in [-0.15, -0.1) is 0 Å². The van der Waals surface area contributed by atoms with Crippen LogP contribution < -0.4 is 26.0 Å². The molecule has 0 bridgehead atoms. The maximum Gasteiger partial charge on any atom is 0.323 e. The molecule has 2 aliphatic rings. The Balaban J connectivity index is 1.42. The zero-order valence-electron chi connectivity index (χ0n) is 24.5. The lowest BCUT2D eigenvalue weighted by Gasteiger charge is -2.28. The molecule has 0 radical (unpaired) electrons. The monoisotopic (exact) mass is 587 g/mol. The molecule has 0 saturated carbocycles. The summed E-state index contributed by atoms with van der Waals surface area (Å²) < 4.78 is 21.0. The summed E-state index contributed by atoms with van der Waals surface area (Å²) in [6.07, 6.45) is 0.644. The minimum absolute atomic E-state index is 0.0709. The number of rotatable bonds is 8. The maximum absolute atomic E-state index is 15.5. The molecule has 0 aromatic heterocycles. The average molecular weight is 588 g/mol. The Morgan fingerprint density at radius 2 is 1.72 bits per heavy atom. The number of amides is 5. The van der Waals surface area contributed by atoms with E-state index < -0.39 is 29.6 Å². The number of nitrogens with zero attached hydrogens (tertiary/aromatic N) is 1. The van der Waals surface area contributed by atoms with Crippen molar-refractivity contribution in [2.45, 2.75) is 32.9 Å².